The van der Waals surface area contributed by atoms with Crippen LogP contribution in [0.1, 0.15) is 77.8 Å². The maximum Gasteiger partial charge on any atom is 0.162 e. The Morgan fingerprint density at radius 1 is 0.696 bits per heavy atom. The minimum atomic E-state index is -0.368. The second kappa shape index (κ2) is 16.4. The zero-order chi connectivity index (χ0) is 32.1. The van der Waals surface area contributed by atoms with Gasteiger partial charge in [0.15, 0.2) is 11.6 Å². The van der Waals surface area contributed by atoms with Crippen molar-refractivity contribution in [2.75, 3.05) is 11.9 Å². The molecule has 0 aliphatic heterocycles. The molecule has 3 aromatic carbocycles. The SMILES string of the molecule is Cc1ccc(NCc2cn(-c3ccc(-n4cc(CCc5ccc(C(=O)CCCCCCCC(=O)CO)cc5)nn4)cc3)nn2)cc1. The highest BCUT2D eigenvalue weighted by Crippen LogP contribution is 2.16. The van der Waals surface area contributed by atoms with Crippen molar-refractivity contribution < 1.29 is 14.7 Å². The molecule has 0 spiro atoms. The molecule has 238 valence electrons. The molecule has 10 nitrogen and oxygen atoms in total. The van der Waals surface area contributed by atoms with E-state index in [9.17, 15) is 9.59 Å². The summed E-state index contributed by atoms with van der Waals surface area (Å²) in [6, 6.07) is 24.0. The van der Waals surface area contributed by atoms with E-state index in [1.807, 2.05) is 60.9 Å². The summed E-state index contributed by atoms with van der Waals surface area (Å²) in [5.74, 6) is 0.0594. The maximum atomic E-state index is 12.6. The number of aliphatic hydroxyl groups is 1. The van der Waals surface area contributed by atoms with Gasteiger partial charge in [-0.25, -0.2) is 9.36 Å². The molecule has 0 aliphatic carbocycles. The first-order chi connectivity index (χ1) is 22.5. The van der Waals surface area contributed by atoms with Crippen LogP contribution >= 0.6 is 0 Å². The largest absolute Gasteiger partial charge is 0.389 e. The molecular formula is C36H41N7O3. The number of carbonyl (C=O) groups excluding carboxylic acids is 2. The lowest BCUT2D eigenvalue weighted by molar-refractivity contribution is -0.121. The molecule has 0 unspecified atom stereocenters. The van der Waals surface area contributed by atoms with Crippen LogP contribution in [0.25, 0.3) is 11.4 Å². The first-order valence-electron chi connectivity index (χ1n) is 16.0. The average molecular weight is 620 g/mol. The Bertz CT molecular complexity index is 1690. The number of rotatable bonds is 18. The number of nitrogens with one attached hydrogen (secondary N) is 1. The van der Waals surface area contributed by atoms with Crippen LogP contribution < -0.4 is 5.32 Å². The first-order valence-corrected chi connectivity index (χ1v) is 16.0. The molecule has 0 fully saturated rings. The summed E-state index contributed by atoms with van der Waals surface area (Å²) in [5, 5.41) is 29.4. The van der Waals surface area contributed by atoms with E-state index < -0.39 is 0 Å². The summed E-state index contributed by atoms with van der Waals surface area (Å²) >= 11 is 0. The van der Waals surface area contributed by atoms with Crippen molar-refractivity contribution in [3.63, 3.8) is 0 Å². The highest BCUT2D eigenvalue weighted by molar-refractivity contribution is 5.96. The predicted molar refractivity (Wildman–Crippen MR) is 177 cm³/mol. The van der Waals surface area contributed by atoms with Crippen LogP contribution in [0.4, 0.5) is 5.69 Å². The fourth-order valence-corrected chi connectivity index (χ4v) is 5.16. The molecular weight excluding hydrogens is 578 g/mol. The molecule has 0 radical (unpaired) electrons. The Labute approximate surface area is 269 Å². The predicted octanol–water partition coefficient (Wildman–Crippen LogP) is 6.03. The van der Waals surface area contributed by atoms with Crippen LogP contribution in [0, 0.1) is 6.92 Å². The topological polar surface area (TPSA) is 128 Å². The molecule has 2 aromatic heterocycles. The molecule has 0 saturated heterocycles. The van der Waals surface area contributed by atoms with Crippen molar-refractivity contribution in [3.05, 3.63) is 113 Å². The molecule has 5 rings (SSSR count). The van der Waals surface area contributed by atoms with E-state index in [1.54, 1.807) is 9.36 Å². The molecule has 0 aliphatic rings. The molecule has 10 heteroatoms. The highest BCUT2D eigenvalue weighted by Gasteiger charge is 2.09. The summed E-state index contributed by atoms with van der Waals surface area (Å²) in [4.78, 5) is 23.7. The molecule has 0 saturated carbocycles. The van der Waals surface area contributed by atoms with E-state index in [0.29, 0.717) is 19.4 Å². The Kier molecular flexibility index (Phi) is 11.5. The minimum absolute atomic E-state index is 0.103. The van der Waals surface area contributed by atoms with Gasteiger partial charge in [0, 0.05) is 24.1 Å². The quantitative estimate of drug-likeness (QED) is 0.0899. The normalized spacial score (nSPS) is 11.1. The van der Waals surface area contributed by atoms with Crippen LogP contribution in [0.15, 0.2) is 85.2 Å². The van der Waals surface area contributed by atoms with Crippen molar-refractivity contribution in [1.82, 2.24) is 30.0 Å². The van der Waals surface area contributed by atoms with Crippen molar-refractivity contribution in [1.29, 1.82) is 0 Å². The van der Waals surface area contributed by atoms with E-state index in [0.717, 1.165) is 84.5 Å². The number of benzene rings is 3. The van der Waals surface area contributed by atoms with Gasteiger partial charge in [-0.05, 0) is 74.6 Å². The number of anilines is 1. The van der Waals surface area contributed by atoms with Gasteiger partial charge in [0.25, 0.3) is 0 Å². The first kappa shape index (κ1) is 32.4. The summed E-state index contributed by atoms with van der Waals surface area (Å²) < 4.78 is 3.53. The molecule has 5 aromatic rings. The zero-order valence-corrected chi connectivity index (χ0v) is 26.3. The second-order valence-corrected chi connectivity index (χ2v) is 11.6. The van der Waals surface area contributed by atoms with Gasteiger partial charge in [-0.3, -0.25) is 9.59 Å². The number of hydrogen-bond donors (Lipinski definition) is 2. The Hall–Kier alpha value is -4.96. The summed E-state index contributed by atoms with van der Waals surface area (Å²) in [6.45, 7) is 2.29. The van der Waals surface area contributed by atoms with Crippen molar-refractivity contribution in [2.24, 2.45) is 0 Å². The average Bonchev–Trinajstić information content (AvgIpc) is 3.77. The molecule has 2 N–H and O–H groups in total. The lowest BCUT2D eigenvalue weighted by atomic mass is 10.0. The lowest BCUT2D eigenvalue weighted by Gasteiger charge is -2.05. The molecule has 2 heterocycles. The van der Waals surface area contributed by atoms with Gasteiger partial charge in [0.2, 0.25) is 0 Å². The van der Waals surface area contributed by atoms with Crippen molar-refractivity contribution in [3.8, 4) is 11.4 Å². The van der Waals surface area contributed by atoms with E-state index in [4.69, 9.17) is 5.11 Å². The lowest BCUT2D eigenvalue weighted by Crippen LogP contribution is -2.02. The van der Waals surface area contributed by atoms with Crippen LogP contribution in [0.5, 0.6) is 0 Å². The smallest absolute Gasteiger partial charge is 0.162 e. The number of ketones is 2. The van der Waals surface area contributed by atoms with Crippen LogP contribution in [0.3, 0.4) is 0 Å². The van der Waals surface area contributed by atoms with Crippen molar-refractivity contribution in [2.45, 2.75) is 71.3 Å². The molecule has 0 bridgehead atoms. The number of carbonyl (C=O) groups is 2. The molecule has 0 amide bonds. The standard InChI is InChI=1S/C36H41N7O3/c1-27-9-16-30(17-10-27)37-23-32-25-43(41-39-32)34-21-19-33(20-22-34)42-24-31(38-40-42)18-13-28-11-14-29(15-12-28)36(46)8-6-4-2-3-5-7-35(45)26-44/h9-12,14-17,19-22,24-25,37,44H,2-8,13,18,23,26H2,1H3. The molecule has 46 heavy (non-hydrogen) atoms. The monoisotopic (exact) mass is 619 g/mol. The van der Waals surface area contributed by atoms with Gasteiger partial charge >= 0.3 is 0 Å². The van der Waals surface area contributed by atoms with Gasteiger partial charge in [-0.15, -0.1) is 10.2 Å². The number of unbranched alkanes of at least 4 members (excludes halogenated alkanes) is 4. The number of nitrogens with zero attached hydrogens (tertiary/aromatic N) is 6. The third kappa shape index (κ3) is 9.52. The fourth-order valence-electron chi connectivity index (χ4n) is 5.16. The number of hydrogen-bond acceptors (Lipinski definition) is 8. The van der Waals surface area contributed by atoms with Gasteiger partial charge in [-0.1, -0.05) is 71.7 Å². The number of aryl methyl sites for hydroxylation is 3. The number of aliphatic hydroxyl groups excluding tert-OH is 1. The number of Topliss-reactive ketones (excluding diaryl/α,β-unsaturated/α-hetero) is 2. The fraction of sp³-hybridized carbons (Fsp3) is 0.333. The van der Waals surface area contributed by atoms with Gasteiger partial charge < -0.3 is 10.4 Å². The van der Waals surface area contributed by atoms with Crippen LogP contribution in [0.2, 0.25) is 0 Å². The van der Waals surface area contributed by atoms with Crippen LogP contribution in [-0.4, -0.2) is 53.3 Å². The Morgan fingerprint density at radius 2 is 1.28 bits per heavy atom. The van der Waals surface area contributed by atoms with E-state index in [2.05, 4.69) is 57.1 Å². The Balaban J connectivity index is 1.04. The summed E-state index contributed by atoms with van der Waals surface area (Å²) in [6.07, 6.45) is 11.0. The second-order valence-electron chi connectivity index (χ2n) is 11.6. The highest BCUT2D eigenvalue weighted by atomic mass is 16.3. The van der Waals surface area contributed by atoms with E-state index in [-0.39, 0.29) is 18.2 Å². The van der Waals surface area contributed by atoms with Crippen molar-refractivity contribution >= 4 is 17.3 Å². The maximum absolute atomic E-state index is 12.6. The summed E-state index contributed by atoms with van der Waals surface area (Å²) in [5.41, 5.74) is 7.72. The van der Waals surface area contributed by atoms with E-state index in [1.165, 1.54) is 5.56 Å². The summed E-state index contributed by atoms with van der Waals surface area (Å²) in [7, 11) is 0. The third-order valence-electron chi connectivity index (χ3n) is 7.97. The zero-order valence-electron chi connectivity index (χ0n) is 26.3. The molecule has 0 atom stereocenters. The Morgan fingerprint density at radius 3 is 1.93 bits per heavy atom. The van der Waals surface area contributed by atoms with E-state index >= 15 is 0 Å². The number of aromatic nitrogens is 6. The van der Waals surface area contributed by atoms with Gasteiger partial charge in [0.1, 0.15) is 12.3 Å². The van der Waals surface area contributed by atoms with Gasteiger partial charge in [-0.2, -0.15) is 0 Å². The van der Waals surface area contributed by atoms with Gasteiger partial charge in [0.05, 0.1) is 36.0 Å². The van der Waals surface area contributed by atoms with Crippen LogP contribution in [-0.2, 0) is 24.2 Å². The third-order valence-corrected chi connectivity index (χ3v) is 7.97. The minimum Gasteiger partial charge on any atom is -0.389 e.